The third-order valence-electron chi connectivity index (χ3n) is 4.41. The molecule has 24 heavy (non-hydrogen) atoms. The van der Waals surface area contributed by atoms with Gasteiger partial charge in [-0.05, 0) is 50.0 Å². The molecule has 0 bridgehead atoms. The zero-order valence-electron chi connectivity index (χ0n) is 13.0. The molecule has 126 valence electrons. The number of aromatic nitrogens is 2. The third-order valence-corrected chi connectivity index (χ3v) is 4.41. The summed E-state index contributed by atoms with van der Waals surface area (Å²) < 4.78 is 40.6. The zero-order valence-corrected chi connectivity index (χ0v) is 13.0. The minimum atomic E-state index is -4.25. The van der Waals surface area contributed by atoms with Crippen molar-refractivity contribution in [2.24, 2.45) is 10.9 Å². The van der Waals surface area contributed by atoms with Crippen molar-refractivity contribution < 1.29 is 13.2 Å². The van der Waals surface area contributed by atoms with Crippen LogP contribution < -0.4 is 0 Å². The van der Waals surface area contributed by atoms with E-state index in [-0.39, 0.29) is 12.5 Å². The Kier molecular flexibility index (Phi) is 3.45. The van der Waals surface area contributed by atoms with Gasteiger partial charge in [-0.2, -0.15) is 23.3 Å². The second kappa shape index (κ2) is 5.41. The van der Waals surface area contributed by atoms with Crippen LogP contribution in [-0.4, -0.2) is 44.7 Å². The fraction of sp³-hybridized carbons (Fsp3) is 0.438. The normalized spacial score (nSPS) is 22.7. The molecule has 0 amide bonds. The van der Waals surface area contributed by atoms with Gasteiger partial charge < -0.3 is 0 Å². The topological polar surface area (TPSA) is 44.6 Å². The van der Waals surface area contributed by atoms with Crippen LogP contribution in [0.25, 0.3) is 0 Å². The van der Waals surface area contributed by atoms with Crippen molar-refractivity contribution in [3.05, 3.63) is 47.7 Å². The van der Waals surface area contributed by atoms with Crippen molar-refractivity contribution in [2.45, 2.75) is 32.0 Å². The molecule has 5 nitrogen and oxygen atoms in total. The highest BCUT2D eigenvalue weighted by Crippen LogP contribution is 2.46. The summed E-state index contributed by atoms with van der Waals surface area (Å²) in [5, 5.41) is 10.8. The number of allylic oxidation sites excluding steroid dienone is 2. The van der Waals surface area contributed by atoms with Crippen LogP contribution in [0.15, 0.2) is 47.0 Å². The lowest BCUT2D eigenvalue weighted by Crippen LogP contribution is -2.52. The number of hydrogen-bond acceptors (Lipinski definition) is 5. The number of halogens is 3. The predicted molar refractivity (Wildman–Crippen MR) is 81.5 cm³/mol. The molecule has 8 heteroatoms. The Balaban J connectivity index is 1.65. The minimum Gasteiger partial charge on any atom is -0.261 e. The average Bonchev–Trinajstić information content (AvgIpc) is 3.26. The van der Waals surface area contributed by atoms with Crippen LogP contribution in [0.3, 0.4) is 0 Å². The van der Waals surface area contributed by atoms with Crippen LogP contribution in [-0.2, 0) is 0 Å². The second-order valence-corrected chi connectivity index (χ2v) is 6.21. The summed E-state index contributed by atoms with van der Waals surface area (Å²) in [6.45, 7) is 2.00. The smallest absolute Gasteiger partial charge is 0.261 e. The number of nitrogens with zero attached hydrogens (tertiary/aromatic N) is 5. The highest BCUT2D eigenvalue weighted by molar-refractivity contribution is 6.08. The van der Waals surface area contributed by atoms with Gasteiger partial charge in [0, 0.05) is 18.4 Å². The number of hydrogen-bond donors (Lipinski definition) is 0. The lowest BCUT2D eigenvalue weighted by molar-refractivity contribution is -0.212. The molecule has 2 aliphatic heterocycles. The number of aliphatic imine (C=N–C) groups is 1. The third kappa shape index (κ3) is 2.60. The second-order valence-electron chi connectivity index (χ2n) is 6.21. The van der Waals surface area contributed by atoms with E-state index in [1.165, 1.54) is 5.01 Å². The van der Waals surface area contributed by atoms with Crippen LogP contribution in [0.4, 0.5) is 13.2 Å². The molecule has 1 fully saturated rings. The molecule has 4 rings (SSSR count). The molecule has 3 heterocycles. The van der Waals surface area contributed by atoms with Crippen molar-refractivity contribution in [3.8, 4) is 0 Å². The van der Waals surface area contributed by atoms with E-state index in [1.807, 2.05) is 0 Å². The molecular formula is C16H16F3N5. The number of rotatable bonds is 3. The largest absolute Gasteiger partial charge is 0.406 e. The van der Waals surface area contributed by atoms with Gasteiger partial charge in [-0.25, -0.2) is 4.99 Å². The number of fused-ring (bicyclic) bond motifs is 1. The van der Waals surface area contributed by atoms with Crippen molar-refractivity contribution >= 4 is 5.71 Å². The summed E-state index contributed by atoms with van der Waals surface area (Å²) in [7, 11) is 0. The molecule has 1 saturated carbocycles. The van der Waals surface area contributed by atoms with E-state index in [1.54, 1.807) is 42.4 Å². The standard InChI is InChI=1S/C16H16F3N5/c1-10-9-13(12-3-2-7-20-22-12)21-14-6-8-23(24(10)14)15(11-4-5-11)16(17,18)19/h2-3,6-7,9,11,15H,4-5,8H2,1H3. The molecule has 1 aliphatic carbocycles. The van der Waals surface area contributed by atoms with E-state index in [0.717, 1.165) is 0 Å². The summed E-state index contributed by atoms with van der Waals surface area (Å²) in [5.41, 5.74) is 1.91. The van der Waals surface area contributed by atoms with Crippen LogP contribution in [0.5, 0.6) is 0 Å². The quantitative estimate of drug-likeness (QED) is 0.852. The van der Waals surface area contributed by atoms with E-state index in [0.29, 0.717) is 35.8 Å². The molecule has 1 aromatic rings. The summed E-state index contributed by atoms with van der Waals surface area (Å²) in [6.07, 6.45) is 2.05. The van der Waals surface area contributed by atoms with Gasteiger partial charge in [0.05, 0.1) is 5.71 Å². The highest BCUT2D eigenvalue weighted by atomic mass is 19.4. The Labute approximate surface area is 137 Å². The lowest BCUT2D eigenvalue weighted by atomic mass is 10.1. The molecule has 0 saturated heterocycles. The van der Waals surface area contributed by atoms with Gasteiger partial charge in [0.1, 0.15) is 17.6 Å². The summed E-state index contributed by atoms with van der Waals surface area (Å²) >= 11 is 0. The molecule has 0 radical (unpaired) electrons. The molecule has 1 atom stereocenters. The Morgan fingerprint density at radius 2 is 2.08 bits per heavy atom. The van der Waals surface area contributed by atoms with Gasteiger partial charge in [0.25, 0.3) is 0 Å². The van der Waals surface area contributed by atoms with Crippen molar-refractivity contribution in [3.63, 3.8) is 0 Å². The predicted octanol–water partition coefficient (Wildman–Crippen LogP) is 2.90. The summed E-state index contributed by atoms with van der Waals surface area (Å²) in [6, 6.07) is 2.08. The van der Waals surface area contributed by atoms with Crippen molar-refractivity contribution in [1.29, 1.82) is 0 Å². The monoisotopic (exact) mass is 335 g/mol. The van der Waals surface area contributed by atoms with Gasteiger partial charge in [0.2, 0.25) is 0 Å². The van der Waals surface area contributed by atoms with Crippen LogP contribution in [0.2, 0.25) is 0 Å². The first kappa shape index (κ1) is 15.3. The zero-order chi connectivity index (χ0) is 16.9. The fourth-order valence-corrected chi connectivity index (χ4v) is 3.26. The van der Waals surface area contributed by atoms with E-state index in [4.69, 9.17) is 0 Å². The maximum Gasteiger partial charge on any atom is 0.406 e. The van der Waals surface area contributed by atoms with E-state index >= 15 is 0 Å². The highest BCUT2D eigenvalue weighted by Gasteiger charge is 2.54. The first-order chi connectivity index (χ1) is 11.4. The Hall–Kier alpha value is -2.22. The van der Waals surface area contributed by atoms with Gasteiger partial charge in [-0.15, -0.1) is 5.10 Å². The fourth-order valence-electron chi connectivity index (χ4n) is 3.26. The SMILES string of the molecule is CC1=CC(c2cccnn2)=NC2=CCN(C(C3CC3)C(F)(F)F)N12. The van der Waals surface area contributed by atoms with Gasteiger partial charge in [0.15, 0.2) is 0 Å². The van der Waals surface area contributed by atoms with E-state index < -0.39 is 12.2 Å². The molecule has 0 N–H and O–H groups in total. The molecule has 1 unspecified atom stereocenters. The Morgan fingerprint density at radius 3 is 2.71 bits per heavy atom. The van der Waals surface area contributed by atoms with Crippen molar-refractivity contribution in [1.82, 2.24) is 20.2 Å². The maximum atomic E-state index is 13.5. The first-order valence-corrected chi connectivity index (χ1v) is 7.84. The van der Waals surface area contributed by atoms with Crippen molar-refractivity contribution in [2.75, 3.05) is 6.54 Å². The molecule has 1 aromatic heterocycles. The average molecular weight is 335 g/mol. The molecular weight excluding hydrogens is 319 g/mol. The molecule has 3 aliphatic rings. The van der Waals surface area contributed by atoms with Crippen LogP contribution >= 0.6 is 0 Å². The number of hydrazine groups is 1. The minimum absolute atomic E-state index is 0.207. The Bertz CT molecular complexity index is 734. The van der Waals surface area contributed by atoms with Gasteiger partial charge in [-0.3, -0.25) is 5.01 Å². The lowest BCUT2D eigenvalue weighted by Gasteiger charge is -2.39. The maximum absolute atomic E-state index is 13.5. The first-order valence-electron chi connectivity index (χ1n) is 7.84. The van der Waals surface area contributed by atoms with Gasteiger partial charge >= 0.3 is 6.18 Å². The summed E-state index contributed by atoms with van der Waals surface area (Å²) in [5.74, 6) is 0.196. The molecule has 0 spiro atoms. The molecule has 0 aromatic carbocycles. The van der Waals surface area contributed by atoms with E-state index in [9.17, 15) is 13.2 Å². The Morgan fingerprint density at radius 1 is 1.29 bits per heavy atom. The van der Waals surface area contributed by atoms with Crippen LogP contribution in [0.1, 0.15) is 25.5 Å². The summed E-state index contributed by atoms with van der Waals surface area (Å²) in [4.78, 5) is 4.47. The number of alkyl halides is 3. The van der Waals surface area contributed by atoms with E-state index in [2.05, 4.69) is 15.2 Å². The van der Waals surface area contributed by atoms with Gasteiger partial charge in [-0.1, -0.05) is 0 Å². The van der Waals surface area contributed by atoms with Crippen LogP contribution in [0, 0.1) is 5.92 Å².